The van der Waals surface area contributed by atoms with E-state index >= 15 is 0 Å². The predicted molar refractivity (Wildman–Crippen MR) is 225 cm³/mol. The lowest BCUT2D eigenvalue weighted by Crippen LogP contribution is -1.99. The molecule has 4 aromatic heterocycles. The van der Waals surface area contributed by atoms with Gasteiger partial charge in [0.1, 0.15) is 11.2 Å². The van der Waals surface area contributed by atoms with Crippen molar-refractivity contribution in [3.8, 4) is 67.5 Å². The molecule has 0 unspecified atom stereocenters. The molecule has 6 heteroatoms. The van der Waals surface area contributed by atoms with Gasteiger partial charge < -0.3 is 8.83 Å². The van der Waals surface area contributed by atoms with Gasteiger partial charge in [0.25, 0.3) is 0 Å². The van der Waals surface area contributed by atoms with E-state index in [0.717, 1.165) is 88.6 Å². The van der Waals surface area contributed by atoms with E-state index in [9.17, 15) is 0 Å². The molecule has 0 aliphatic heterocycles. The van der Waals surface area contributed by atoms with Crippen LogP contribution in [-0.4, -0.2) is 19.9 Å². The summed E-state index contributed by atoms with van der Waals surface area (Å²) in [5, 5.41) is 3.66. The number of fused-ring (bicyclic) bond motifs is 6. The molecule has 0 spiro atoms. The molecule has 0 saturated heterocycles. The van der Waals surface area contributed by atoms with Crippen LogP contribution in [0, 0.1) is 0 Å². The van der Waals surface area contributed by atoms with Crippen molar-refractivity contribution >= 4 is 44.1 Å². The Morgan fingerprint density at radius 3 is 1.14 bits per heavy atom. The van der Waals surface area contributed by atoms with Crippen LogP contribution >= 0.6 is 0 Å². The number of furan rings is 2. The Kier molecular flexibility index (Phi) is 7.38. The molecule has 11 aromatic rings. The zero-order valence-electron chi connectivity index (χ0n) is 29.9. The summed E-state index contributed by atoms with van der Waals surface area (Å²) >= 11 is 0. The molecule has 6 nitrogen and oxygen atoms in total. The maximum absolute atomic E-state index is 6.46. The Bertz CT molecular complexity index is 3040. The molecular weight excluding hydrogens is 689 g/mol. The number of hydrogen-bond acceptors (Lipinski definition) is 6. The van der Waals surface area contributed by atoms with E-state index in [0.29, 0.717) is 23.1 Å². The number of rotatable bonds is 6. The second kappa shape index (κ2) is 13.0. The molecule has 0 bridgehead atoms. The highest BCUT2D eigenvalue weighted by molar-refractivity contribution is 6.12. The molecule has 4 heterocycles. The van der Waals surface area contributed by atoms with Gasteiger partial charge in [-0.15, -0.1) is 0 Å². The SMILES string of the molecule is c1ccc(-c2cccc(-c3nc(-c4ccccc4-c4nc(-c5cccc(-c6ccccc6)c5)c5c(n4)oc4ccccc45)nc4oc5ccccc5c34)c2)cc1. The van der Waals surface area contributed by atoms with Crippen LogP contribution < -0.4 is 0 Å². The van der Waals surface area contributed by atoms with Crippen LogP contribution in [0.3, 0.4) is 0 Å². The van der Waals surface area contributed by atoms with E-state index < -0.39 is 0 Å². The zero-order chi connectivity index (χ0) is 37.0. The van der Waals surface area contributed by atoms with Gasteiger partial charge in [-0.3, -0.25) is 0 Å². The van der Waals surface area contributed by atoms with Gasteiger partial charge in [0.2, 0.25) is 11.4 Å². The predicted octanol–water partition coefficient (Wildman–Crippen LogP) is 13.1. The number of hydrogen-bond donors (Lipinski definition) is 0. The van der Waals surface area contributed by atoms with Crippen molar-refractivity contribution in [2.75, 3.05) is 0 Å². The van der Waals surface area contributed by atoms with Crippen LogP contribution in [0.2, 0.25) is 0 Å². The van der Waals surface area contributed by atoms with Crippen LogP contribution in [0.25, 0.3) is 112 Å². The third-order valence-corrected chi connectivity index (χ3v) is 10.4. The summed E-state index contributed by atoms with van der Waals surface area (Å²) in [4.78, 5) is 20.9. The molecule has 11 rings (SSSR count). The van der Waals surface area contributed by atoms with Gasteiger partial charge in [0.05, 0.1) is 22.2 Å². The molecule has 0 amide bonds. The van der Waals surface area contributed by atoms with Crippen LogP contribution in [0.1, 0.15) is 0 Å². The van der Waals surface area contributed by atoms with E-state index in [1.807, 2.05) is 72.8 Å². The molecule has 0 atom stereocenters. The second-order valence-electron chi connectivity index (χ2n) is 13.8. The highest BCUT2D eigenvalue weighted by Gasteiger charge is 2.23. The summed E-state index contributed by atoms with van der Waals surface area (Å²) in [7, 11) is 0. The fraction of sp³-hybridized carbons (Fsp3) is 0. The van der Waals surface area contributed by atoms with Crippen LogP contribution in [-0.2, 0) is 0 Å². The summed E-state index contributed by atoms with van der Waals surface area (Å²) in [5.41, 5.74) is 12.0. The van der Waals surface area contributed by atoms with Crippen molar-refractivity contribution in [2.24, 2.45) is 0 Å². The van der Waals surface area contributed by atoms with E-state index in [1.54, 1.807) is 0 Å². The normalized spacial score (nSPS) is 11.6. The molecule has 0 saturated carbocycles. The summed E-state index contributed by atoms with van der Waals surface area (Å²) in [5.74, 6) is 1.02. The third-order valence-electron chi connectivity index (χ3n) is 10.4. The molecule has 56 heavy (non-hydrogen) atoms. The lowest BCUT2D eigenvalue weighted by molar-refractivity contribution is 0.653. The van der Waals surface area contributed by atoms with Crippen molar-refractivity contribution < 1.29 is 8.83 Å². The lowest BCUT2D eigenvalue weighted by atomic mass is 9.99. The number of benzene rings is 7. The van der Waals surface area contributed by atoms with Gasteiger partial charge in [-0.2, -0.15) is 9.97 Å². The summed E-state index contributed by atoms with van der Waals surface area (Å²) in [6, 6.07) is 61.8. The quantitative estimate of drug-likeness (QED) is 0.170. The Morgan fingerprint density at radius 1 is 0.304 bits per heavy atom. The van der Waals surface area contributed by atoms with Gasteiger partial charge in [-0.25, -0.2) is 9.97 Å². The fourth-order valence-electron chi connectivity index (χ4n) is 7.73. The maximum atomic E-state index is 6.46. The van der Waals surface area contributed by atoms with Gasteiger partial charge in [0.15, 0.2) is 11.6 Å². The summed E-state index contributed by atoms with van der Waals surface area (Å²) in [6.45, 7) is 0. The van der Waals surface area contributed by atoms with Gasteiger partial charge >= 0.3 is 0 Å². The Hall–Kier alpha value is -7.70. The van der Waals surface area contributed by atoms with Gasteiger partial charge in [-0.05, 0) is 46.5 Å². The topological polar surface area (TPSA) is 77.8 Å². The standard InChI is InChI=1S/C50H30N4O2/c1-3-15-31(16-4-1)33-19-13-21-35(29-33)45-43-39-25-9-11-27-41(39)55-49(43)53-47(51-45)37-23-7-8-24-38(37)48-52-46(44-40-26-10-12-28-42(40)56-50(44)54-48)36-22-14-20-34(30-36)32-17-5-2-6-18-32/h1-30H. The Labute approximate surface area is 321 Å². The lowest BCUT2D eigenvalue weighted by Gasteiger charge is -2.12. The fourth-order valence-corrected chi connectivity index (χ4v) is 7.73. The average molecular weight is 719 g/mol. The highest BCUT2D eigenvalue weighted by Crippen LogP contribution is 2.41. The maximum Gasteiger partial charge on any atom is 0.231 e. The molecule has 0 aliphatic rings. The molecule has 0 fully saturated rings. The van der Waals surface area contributed by atoms with E-state index in [1.165, 1.54) is 0 Å². The first-order valence-electron chi connectivity index (χ1n) is 18.6. The molecule has 0 radical (unpaired) electrons. The minimum atomic E-state index is 0.508. The van der Waals surface area contributed by atoms with Crippen LogP contribution in [0.5, 0.6) is 0 Å². The Morgan fingerprint density at radius 2 is 0.679 bits per heavy atom. The molecule has 262 valence electrons. The van der Waals surface area contributed by atoms with Crippen molar-refractivity contribution in [3.63, 3.8) is 0 Å². The monoisotopic (exact) mass is 718 g/mol. The van der Waals surface area contributed by atoms with Crippen molar-refractivity contribution in [1.82, 2.24) is 19.9 Å². The third kappa shape index (κ3) is 5.35. The number of nitrogens with zero attached hydrogens (tertiary/aromatic N) is 4. The van der Waals surface area contributed by atoms with Gasteiger partial charge in [0, 0.05) is 33.0 Å². The highest BCUT2D eigenvalue weighted by atomic mass is 16.3. The average Bonchev–Trinajstić information content (AvgIpc) is 3.85. The second-order valence-corrected chi connectivity index (χ2v) is 13.8. The van der Waals surface area contributed by atoms with E-state index in [4.69, 9.17) is 28.8 Å². The first-order chi connectivity index (χ1) is 27.7. The first kappa shape index (κ1) is 31.8. The zero-order valence-corrected chi connectivity index (χ0v) is 29.9. The van der Waals surface area contributed by atoms with Crippen molar-refractivity contribution in [2.45, 2.75) is 0 Å². The summed E-state index contributed by atoms with van der Waals surface area (Å²) in [6.07, 6.45) is 0. The van der Waals surface area contributed by atoms with Crippen molar-refractivity contribution in [3.05, 3.63) is 182 Å². The largest absolute Gasteiger partial charge is 0.438 e. The smallest absolute Gasteiger partial charge is 0.231 e. The van der Waals surface area contributed by atoms with E-state index in [-0.39, 0.29) is 0 Å². The van der Waals surface area contributed by atoms with Crippen molar-refractivity contribution in [1.29, 1.82) is 0 Å². The molecular formula is C50H30N4O2. The molecule has 0 N–H and O–H groups in total. The number of para-hydroxylation sites is 2. The minimum absolute atomic E-state index is 0.508. The van der Waals surface area contributed by atoms with Crippen LogP contribution in [0.15, 0.2) is 191 Å². The number of aromatic nitrogens is 4. The van der Waals surface area contributed by atoms with Crippen LogP contribution in [0.4, 0.5) is 0 Å². The van der Waals surface area contributed by atoms with Gasteiger partial charge in [-0.1, -0.05) is 158 Å². The van der Waals surface area contributed by atoms with E-state index in [2.05, 4.69) is 109 Å². The first-order valence-corrected chi connectivity index (χ1v) is 18.6. The Balaban J connectivity index is 1.14. The summed E-state index contributed by atoms with van der Waals surface area (Å²) < 4.78 is 12.9. The minimum Gasteiger partial charge on any atom is -0.438 e. The molecule has 0 aliphatic carbocycles. The molecule has 7 aromatic carbocycles.